The molecule has 0 saturated carbocycles. The van der Waals surface area contributed by atoms with E-state index in [4.69, 9.17) is 0 Å². The molecule has 0 aliphatic carbocycles. The zero-order valence-corrected chi connectivity index (χ0v) is 19.9. The smallest absolute Gasteiger partial charge is 0.261 e. The van der Waals surface area contributed by atoms with E-state index in [1.54, 1.807) is 18.3 Å². The Hall–Kier alpha value is -4.12. The normalized spacial score (nSPS) is 11.9. The summed E-state index contributed by atoms with van der Waals surface area (Å²) < 4.78 is 73.8. The summed E-state index contributed by atoms with van der Waals surface area (Å²) in [5.74, 6) is -2.78. The number of sulfonamides is 1. The largest absolute Gasteiger partial charge is 0.343 e. The molecule has 2 aromatic heterocycles. The summed E-state index contributed by atoms with van der Waals surface area (Å²) in [7, 11) is -4.20. The van der Waals surface area contributed by atoms with Crippen molar-refractivity contribution >= 4 is 26.6 Å². The van der Waals surface area contributed by atoms with Gasteiger partial charge in [-0.25, -0.2) is 26.6 Å². The van der Waals surface area contributed by atoms with Gasteiger partial charge in [-0.1, -0.05) is 32.0 Å². The molecule has 3 aromatic carbocycles. The van der Waals surface area contributed by atoms with Crippen molar-refractivity contribution < 1.29 is 21.6 Å². The molecule has 11 heteroatoms. The van der Waals surface area contributed by atoms with E-state index in [2.05, 4.69) is 24.9 Å². The minimum atomic E-state index is -4.20. The van der Waals surface area contributed by atoms with Crippen molar-refractivity contribution in [3.05, 3.63) is 83.9 Å². The van der Waals surface area contributed by atoms with Crippen LogP contribution in [0, 0.1) is 17.5 Å². The van der Waals surface area contributed by atoms with Gasteiger partial charge in [-0.2, -0.15) is 5.10 Å². The molecule has 0 aliphatic heterocycles. The number of nitrogens with one attached hydrogen (secondary N) is 3. The number of aromatic nitrogens is 4. The minimum Gasteiger partial charge on any atom is -0.343 e. The summed E-state index contributed by atoms with van der Waals surface area (Å²) in [6, 6.07) is 10.7. The summed E-state index contributed by atoms with van der Waals surface area (Å²) in [6.45, 7) is 3.82. The highest BCUT2D eigenvalue weighted by atomic mass is 32.2. The van der Waals surface area contributed by atoms with Gasteiger partial charge < -0.3 is 4.98 Å². The zero-order valence-electron chi connectivity index (χ0n) is 19.1. The van der Waals surface area contributed by atoms with Gasteiger partial charge in [0.1, 0.15) is 17.0 Å². The van der Waals surface area contributed by atoms with Crippen LogP contribution in [-0.4, -0.2) is 28.6 Å². The average molecular weight is 512 g/mol. The Bertz CT molecular complexity index is 1700. The van der Waals surface area contributed by atoms with E-state index in [0.29, 0.717) is 16.9 Å². The molecule has 0 spiro atoms. The summed E-state index contributed by atoms with van der Waals surface area (Å²) in [5, 5.41) is 6.96. The molecule has 5 rings (SSSR count). The average Bonchev–Trinajstić information content (AvgIpc) is 3.52. The molecule has 2 heterocycles. The fourth-order valence-electron chi connectivity index (χ4n) is 3.95. The third kappa shape index (κ3) is 4.01. The molecule has 0 saturated heterocycles. The number of hydrogen-bond donors (Lipinski definition) is 3. The van der Waals surface area contributed by atoms with Gasteiger partial charge in [-0.15, -0.1) is 0 Å². The quantitative estimate of drug-likeness (QED) is 0.262. The van der Waals surface area contributed by atoms with Crippen molar-refractivity contribution in [3.8, 4) is 22.6 Å². The van der Waals surface area contributed by atoms with Gasteiger partial charge in [-0.05, 0) is 41.8 Å². The van der Waals surface area contributed by atoms with Crippen LogP contribution < -0.4 is 4.72 Å². The second-order valence-corrected chi connectivity index (χ2v) is 10.2. The number of benzene rings is 3. The molecule has 0 bridgehead atoms. The van der Waals surface area contributed by atoms with E-state index < -0.39 is 44.3 Å². The first-order valence-corrected chi connectivity index (χ1v) is 12.4. The lowest BCUT2D eigenvalue weighted by Crippen LogP contribution is -2.15. The second kappa shape index (κ2) is 8.83. The van der Waals surface area contributed by atoms with Gasteiger partial charge >= 0.3 is 0 Å². The summed E-state index contributed by atoms with van der Waals surface area (Å²) in [6.07, 6.45) is 3.09. The van der Waals surface area contributed by atoms with Crippen LogP contribution in [-0.2, 0) is 10.0 Å². The Balaban J connectivity index is 1.57. The standard InChI is InChI=1S/C25H20F3N5O2S/c1-13(2)14-4-3-5-15(12-14)36(34,35)33-19-9-8-18(26)20(22(19)28)16-6-7-17-23(21(16)27)31-32-24(17)25-29-10-11-30-25/h3-13,33H,1-2H3,(H,29,30)(H,31,32). The monoisotopic (exact) mass is 511 g/mol. The van der Waals surface area contributed by atoms with E-state index in [1.807, 2.05) is 13.8 Å². The Morgan fingerprint density at radius 2 is 1.81 bits per heavy atom. The molecule has 3 N–H and O–H groups in total. The maximum Gasteiger partial charge on any atom is 0.261 e. The molecule has 0 fully saturated rings. The fourth-order valence-corrected chi connectivity index (χ4v) is 5.06. The number of fused-ring (bicyclic) bond motifs is 1. The maximum absolute atomic E-state index is 15.5. The number of nitrogens with zero attached hydrogens (tertiary/aromatic N) is 2. The number of anilines is 1. The minimum absolute atomic E-state index is 0.0722. The first-order valence-electron chi connectivity index (χ1n) is 10.9. The van der Waals surface area contributed by atoms with Crippen LogP contribution in [0.3, 0.4) is 0 Å². The molecule has 5 aromatic rings. The summed E-state index contributed by atoms with van der Waals surface area (Å²) in [4.78, 5) is 6.88. The number of hydrogen-bond acceptors (Lipinski definition) is 4. The lowest BCUT2D eigenvalue weighted by Gasteiger charge is -2.14. The highest BCUT2D eigenvalue weighted by Gasteiger charge is 2.25. The van der Waals surface area contributed by atoms with Gasteiger partial charge in [0, 0.05) is 23.3 Å². The second-order valence-electron chi connectivity index (χ2n) is 8.48. The predicted molar refractivity (Wildman–Crippen MR) is 130 cm³/mol. The molecule has 0 aliphatic rings. The van der Waals surface area contributed by atoms with Crippen molar-refractivity contribution in [2.75, 3.05) is 4.72 Å². The molecule has 7 nitrogen and oxygen atoms in total. The van der Waals surface area contributed by atoms with Crippen LogP contribution in [0.4, 0.5) is 18.9 Å². The molecule has 0 atom stereocenters. The molecule has 0 radical (unpaired) electrons. The first kappa shape index (κ1) is 23.6. The van der Waals surface area contributed by atoms with Crippen LogP contribution >= 0.6 is 0 Å². The van der Waals surface area contributed by atoms with E-state index in [0.717, 1.165) is 17.7 Å². The van der Waals surface area contributed by atoms with Gasteiger partial charge in [0.2, 0.25) is 0 Å². The number of imidazole rings is 1. The van der Waals surface area contributed by atoms with E-state index >= 15 is 8.78 Å². The number of H-pyrrole nitrogens is 2. The third-order valence-corrected chi connectivity index (χ3v) is 7.20. The molecule has 36 heavy (non-hydrogen) atoms. The van der Waals surface area contributed by atoms with Crippen LogP contribution in [0.5, 0.6) is 0 Å². The third-order valence-electron chi connectivity index (χ3n) is 5.84. The molecular weight excluding hydrogens is 491 g/mol. The first-order chi connectivity index (χ1) is 17.2. The van der Waals surface area contributed by atoms with E-state index in [9.17, 15) is 12.8 Å². The van der Waals surface area contributed by atoms with Crippen molar-refractivity contribution in [2.24, 2.45) is 0 Å². The lowest BCUT2D eigenvalue weighted by molar-refractivity contribution is 0.583. The number of rotatable bonds is 6. The highest BCUT2D eigenvalue weighted by Crippen LogP contribution is 2.37. The van der Waals surface area contributed by atoms with Crippen LogP contribution in [0.2, 0.25) is 0 Å². The Labute approximate surface area is 204 Å². The SMILES string of the molecule is CC(C)c1cccc(S(=O)(=O)Nc2ccc(F)c(-c3ccc4c(-c5ncc[nH]5)n[nH]c4c3F)c2F)c1. The van der Waals surface area contributed by atoms with E-state index in [-0.39, 0.29) is 16.3 Å². The van der Waals surface area contributed by atoms with Crippen molar-refractivity contribution in [3.63, 3.8) is 0 Å². The van der Waals surface area contributed by atoms with Gasteiger partial charge in [-0.3, -0.25) is 9.82 Å². The van der Waals surface area contributed by atoms with Crippen LogP contribution in [0.15, 0.2) is 65.8 Å². The van der Waals surface area contributed by atoms with Gasteiger partial charge in [0.15, 0.2) is 17.5 Å². The summed E-state index contributed by atoms with van der Waals surface area (Å²) >= 11 is 0. The van der Waals surface area contributed by atoms with E-state index in [1.165, 1.54) is 30.5 Å². The fraction of sp³-hybridized carbons (Fsp3) is 0.120. The van der Waals surface area contributed by atoms with Crippen LogP contribution in [0.25, 0.3) is 33.5 Å². The predicted octanol–water partition coefficient (Wildman–Crippen LogP) is 5.96. The Morgan fingerprint density at radius 3 is 2.53 bits per heavy atom. The molecule has 0 unspecified atom stereocenters. The topological polar surface area (TPSA) is 104 Å². The van der Waals surface area contributed by atoms with Crippen LogP contribution in [0.1, 0.15) is 25.3 Å². The van der Waals surface area contributed by atoms with Gasteiger partial charge in [0.25, 0.3) is 10.0 Å². The lowest BCUT2D eigenvalue weighted by atomic mass is 10.0. The highest BCUT2D eigenvalue weighted by molar-refractivity contribution is 7.92. The Kier molecular flexibility index (Phi) is 5.79. The number of halogens is 3. The number of aromatic amines is 2. The van der Waals surface area contributed by atoms with Crippen molar-refractivity contribution in [2.45, 2.75) is 24.7 Å². The van der Waals surface area contributed by atoms with Gasteiger partial charge in [0.05, 0.1) is 16.1 Å². The zero-order chi connectivity index (χ0) is 25.6. The molecule has 0 amide bonds. The van der Waals surface area contributed by atoms with Crippen molar-refractivity contribution in [1.29, 1.82) is 0 Å². The Morgan fingerprint density at radius 1 is 1.00 bits per heavy atom. The van der Waals surface area contributed by atoms with Crippen molar-refractivity contribution in [1.82, 2.24) is 20.2 Å². The summed E-state index contributed by atoms with van der Waals surface area (Å²) in [5.41, 5.74) is -0.570. The molecule has 184 valence electrons. The maximum atomic E-state index is 15.5. The molecular formula is C25H20F3N5O2S.